The van der Waals surface area contributed by atoms with Gasteiger partial charge >= 0.3 is 5.97 Å². The fraction of sp³-hybridized carbons (Fsp3) is 0.867. The van der Waals surface area contributed by atoms with Crippen molar-refractivity contribution >= 4 is 11.9 Å². The Morgan fingerprint density at radius 1 is 1.10 bits per heavy atom. The summed E-state index contributed by atoms with van der Waals surface area (Å²) in [5.74, 6) is 0.0544. The van der Waals surface area contributed by atoms with Gasteiger partial charge in [-0.1, -0.05) is 19.3 Å². The van der Waals surface area contributed by atoms with Gasteiger partial charge in [-0.15, -0.1) is 0 Å². The standard InChI is InChI=1S/C15H26N2O3/c1-12(15(19)20)16-7-9-17(10-8-16)14(18)11-13-5-3-2-4-6-13/h12-13H,2-11H2,1H3,(H,19,20). The summed E-state index contributed by atoms with van der Waals surface area (Å²) in [6, 6.07) is -0.453. The number of nitrogens with zero attached hydrogens (tertiary/aromatic N) is 2. The fourth-order valence-corrected chi connectivity index (χ4v) is 3.28. The minimum Gasteiger partial charge on any atom is -0.480 e. The lowest BCUT2D eigenvalue weighted by Gasteiger charge is -2.37. The zero-order valence-corrected chi connectivity index (χ0v) is 12.4. The second-order valence-electron chi connectivity index (χ2n) is 6.14. The summed E-state index contributed by atoms with van der Waals surface area (Å²) < 4.78 is 0. The molecule has 1 aliphatic carbocycles. The topological polar surface area (TPSA) is 60.9 Å². The second kappa shape index (κ2) is 7.07. The van der Waals surface area contributed by atoms with E-state index in [9.17, 15) is 9.59 Å². The molecule has 2 rings (SSSR count). The smallest absolute Gasteiger partial charge is 0.320 e. The molecule has 5 heteroatoms. The highest BCUT2D eigenvalue weighted by Crippen LogP contribution is 2.27. The normalized spacial score (nSPS) is 23.6. The molecule has 20 heavy (non-hydrogen) atoms. The van der Waals surface area contributed by atoms with E-state index in [0.717, 1.165) is 0 Å². The molecule has 1 amide bonds. The van der Waals surface area contributed by atoms with E-state index in [0.29, 0.717) is 38.5 Å². The number of rotatable bonds is 4. The molecule has 5 nitrogen and oxygen atoms in total. The highest BCUT2D eigenvalue weighted by Gasteiger charge is 2.28. The lowest BCUT2D eigenvalue weighted by Crippen LogP contribution is -2.53. The number of amides is 1. The van der Waals surface area contributed by atoms with Gasteiger partial charge in [0.2, 0.25) is 5.91 Å². The van der Waals surface area contributed by atoms with Crippen LogP contribution in [0.3, 0.4) is 0 Å². The molecule has 0 spiro atoms. The van der Waals surface area contributed by atoms with Crippen molar-refractivity contribution < 1.29 is 14.7 Å². The van der Waals surface area contributed by atoms with Gasteiger partial charge in [-0.2, -0.15) is 0 Å². The quantitative estimate of drug-likeness (QED) is 0.850. The van der Waals surface area contributed by atoms with Gasteiger partial charge in [0.15, 0.2) is 0 Å². The van der Waals surface area contributed by atoms with Gasteiger partial charge in [-0.3, -0.25) is 14.5 Å². The average molecular weight is 282 g/mol. The Morgan fingerprint density at radius 2 is 1.70 bits per heavy atom. The van der Waals surface area contributed by atoms with Gasteiger partial charge < -0.3 is 10.0 Å². The van der Waals surface area contributed by atoms with Gasteiger partial charge in [0.25, 0.3) is 0 Å². The summed E-state index contributed by atoms with van der Waals surface area (Å²) in [5, 5.41) is 9.00. The van der Waals surface area contributed by atoms with Crippen LogP contribution in [0, 0.1) is 5.92 Å². The molecule has 2 fully saturated rings. The molecule has 1 atom stereocenters. The molecule has 1 heterocycles. The Kier molecular flexibility index (Phi) is 5.40. The van der Waals surface area contributed by atoms with Crippen molar-refractivity contribution in [3.63, 3.8) is 0 Å². The third-order valence-electron chi connectivity index (χ3n) is 4.76. The molecule has 1 saturated heterocycles. The van der Waals surface area contributed by atoms with E-state index in [1.165, 1.54) is 32.1 Å². The maximum atomic E-state index is 12.3. The maximum absolute atomic E-state index is 12.3. The predicted octanol–water partition coefficient (Wildman–Crippen LogP) is 1.57. The van der Waals surface area contributed by atoms with E-state index in [4.69, 9.17) is 5.11 Å². The van der Waals surface area contributed by atoms with E-state index in [-0.39, 0.29) is 5.91 Å². The summed E-state index contributed by atoms with van der Waals surface area (Å²) in [4.78, 5) is 27.1. The Bertz CT molecular complexity index is 345. The van der Waals surface area contributed by atoms with Crippen molar-refractivity contribution in [2.45, 2.75) is 51.5 Å². The van der Waals surface area contributed by atoms with Crippen LogP contribution in [0.2, 0.25) is 0 Å². The number of hydrogen-bond donors (Lipinski definition) is 1. The number of carbonyl (C=O) groups is 2. The van der Waals surface area contributed by atoms with Crippen LogP contribution in [0.5, 0.6) is 0 Å². The summed E-state index contributed by atoms with van der Waals surface area (Å²) in [6.07, 6.45) is 6.93. The lowest BCUT2D eigenvalue weighted by atomic mass is 9.86. The molecule has 0 bridgehead atoms. The molecule has 1 N–H and O–H groups in total. The number of aliphatic carboxylic acids is 1. The highest BCUT2D eigenvalue weighted by molar-refractivity contribution is 5.76. The third-order valence-corrected chi connectivity index (χ3v) is 4.76. The fourth-order valence-electron chi connectivity index (χ4n) is 3.28. The van der Waals surface area contributed by atoms with Gasteiger partial charge in [-0.25, -0.2) is 0 Å². The van der Waals surface area contributed by atoms with Crippen LogP contribution in [-0.2, 0) is 9.59 Å². The SMILES string of the molecule is CC(C(=O)O)N1CCN(C(=O)CC2CCCCC2)CC1. The van der Waals surface area contributed by atoms with E-state index >= 15 is 0 Å². The number of carbonyl (C=O) groups excluding carboxylic acids is 1. The molecule has 1 unspecified atom stereocenters. The first-order valence-electron chi connectivity index (χ1n) is 7.82. The molecule has 0 aromatic rings. The molecule has 0 aromatic carbocycles. The number of hydrogen-bond acceptors (Lipinski definition) is 3. The maximum Gasteiger partial charge on any atom is 0.320 e. The summed E-state index contributed by atoms with van der Waals surface area (Å²) in [7, 11) is 0. The first kappa shape index (κ1) is 15.3. The van der Waals surface area contributed by atoms with Crippen LogP contribution in [0.15, 0.2) is 0 Å². The Morgan fingerprint density at radius 3 is 2.25 bits per heavy atom. The van der Waals surface area contributed by atoms with Gasteiger partial charge in [0.05, 0.1) is 0 Å². The van der Waals surface area contributed by atoms with Crippen LogP contribution in [0.25, 0.3) is 0 Å². The number of carboxylic acids is 1. The van der Waals surface area contributed by atoms with Crippen molar-refractivity contribution in [2.24, 2.45) is 5.92 Å². The van der Waals surface area contributed by atoms with Crippen LogP contribution >= 0.6 is 0 Å². The Hall–Kier alpha value is -1.10. The third kappa shape index (κ3) is 3.95. The summed E-state index contributed by atoms with van der Waals surface area (Å²) in [5.41, 5.74) is 0. The number of carboxylic acid groups (broad SMARTS) is 1. The van der Waals surface area contributed by atoms with Crippen molar-refractivity contribution in [2.75, 3.05) is 26.2 Å². The molecule has 0 radical (unpaired) electrons. The van der Waals surface area contributed by atoms with Crippen LogP contribution in [0.1, 0.15) is 45.4 Å². The van der Waals surface area contributed by atoms with E-state index in [1.807, 2.05) is 9.80 Å². The van der Waals surface area contributed by atoms with Crippen molar-refractivity contribution in [1.29, 1.82) is 0 Å². The van der Waals surface area contributed by atoms with Gasteiger partial charge in [-0.05, 0) is 25.7 Å². The average Bonchev–Trinajstić information content (AvgIpc) is 2.47. The molecular formula is C15H26N2O3. The van der Waals surface area contributed by atoms with Crippen LogP contribution in [-0.4, -0.2) is 59.0 Å². The van der Waals surface area contributed by atoms with Crippen LogP contribution in [0.4, 0.5) is 0 Å². The highest BCUT2D eigenvalue weighted by atomic mass is 16.4. The Balaban J connectivity index is 1.75. The zero-order valence-electron chi connectivity index (χ0n) is 12.4. The minimum absolute atomic E-state index is 0.263. The van der Waals surface area contributed by atoms with Gasteiger partial charge in [0, 0.05) is 32.6 Å². The van der Waals surface area contributed by atoms with Crippen molar-refractivity contribution in [3.05, 3.63) is 0 Å². The zero-order chi connectivity index (χ0) is 14.5. The van der Waals surface area contributed by atoms with E-state index < -0.39 is 12.0 Å². The summed E-state index contributed by atoms with van der Waals surface area (Å²) >= 11 is 0. The largest absolute Gasteiger partial charge is 0.480 e. The predicted molar refractivity (Wildman–Crippen MR) is 76.4 cm³/mol. The minimum atomic E-state index is -0.785. The van der Waals surface area contributed by atoms with Crippen LogP contribution < -0.4 is 0 Å². The van der Waals surface area contributed by atoms with Crippen molar-refractivity contribution in [1.82, 2.24) is 9.80 Å². The van der Waals surface area contributed by atoms with Gasteiger partial charge in [0.1, 0.15) is 6.04 Å². The first-order valence-corrected chi connectivity index (χ1v) is 7.82. The van der Waals surface area contributed by atoms with E-state index in [1.54, 1.807) is 6.92 Å². The molecule has 1 aliphatic heterocycles. The molecule has 0 aromatic heterocycles. The summed E-state index contributed by atoms with van der Waals surface area (Å²) in [6.45, 7) is 4.39. The molecule has 114 valence electrons. The Labute approximate surface area is 120 Å². The molecule has 1 saturated carbocycles. The monoisotopic (exact) mass is 282 g/mol. The molecule has 2 aliphatic rings. The lowest BCUT2D eigenvalue weighted by molar-refractivity contribution is -0.144. The molecular weight excluding hydrogens is 256 g/mol. The van der Waals surface area contributed by atoms with Crippen molar-refractivity contribution in [3.8, 4) is 0 Å². The first-order chi connectivity index (χ1) is 9.58. The van der Waals surface area contributed by atoms with E-state index in [2.05, 4.69) is 0 Å². The number of piperazine rings is 1. The second-order valence-corrected chi connectivity index (χ2v) is 6.14.